The van der Waals surface area contributed by atoms with Crippen molar-refractivity contribution in [3.05, 3.63) is 46.8 Å². The molecule has 0 bridgehead atoms. The van der Waals surface area contributed by atoms with Crippen LogP contribution in [0, 0.1) is 20.8 Å². The first-order valence-corrected chi connectivity index (χ1v) is 7.95. The third-order valence-electron chi connectivity index (χ3n) is 2.97. The predicted octanol–water partition coefficient (Wildman–Crippen LogP) is 1.66. The van der Waals surface area contributed by atoms with Crippen LogP contribution in [0.3, 0.4) is 0 Å². The van der Waals surface area contributed by atoms with Gasteiger partial charge in [-0.25, -0.2) is 23.1 Å². The summed E-state index contributed by atoms with van der Waals surface area (Å²) in [4.78, 5) is 8.37. The van der Waals surface area contributed by atoms with Gasteiger partial charge in [0.15, 0.2) is 0 Å². The first-order valence-electron chi connectivity index (χ1n) is 6.46. The number of nitrogens with one attached hydrogen (secondary N) is 1. The summed E-state index contributed by atoms with van der Waals surface area (Å²) in [5.41, 5.74) is 8.48. The molecule has 2 rings (SSSR count). The minimum Gasteiger partial charge on any atom is -0.326 e. The number of benzene rings is 1. The zero-order chi connectivity index (χ0) is 15.6. The number of hydrogen-bond donors (Lipinski definition) is 2. The highest BCUT2D eigenvalue weighted by Crippen LogP contribution is 2.19. The number of aryl methyl sites for hydroxylation is 3. The highest BCUT2D eigenvalue weighted by molar-refractivity contribution is 7.92. The average Bonchev–Trinajstić information content (AvgIpc) is 2.36. The Hall–Kier alpha value is -1.99. The molecule has 1 aromatic heterocycles. The van der Waals surface area contributed by atoms with Crippen LogP contribution in [0.4, 0.5) is 5.95 Å². The molecule has 0 atom stereocenters. The molecule has 1 heterocycles. The molecule has 0 amide bonds. The fraction of sp³-hybridized carbons (Fsp3) is 0.286. The van der Waals surface area contributed by atoms with E-state index >= 15 is 0 Å². The van der Waals surface area contributed by atoms with Gasteiger partial charge in [-0.05, 0) is 44.0 Å². The lowest BCUT2D eigenvalue weighted by molar-refractivity contribution is 0.600. The molecule has 3 N–H and O–H groups in total. The minimum atomic E-state index is -3.72. The Balaban J connectivity index is 2.38. The van der Waals surface area contributed by atoms with Gasteiger partial charge in [0.05, 0.1) is 4.90 Å². The highest BCUT2D eigenvalue weighted by Gasteiger charge is 2.18. The van der Waals surface area contributed by atoms with E-state index in [4.69, 9.17) is 5.73 Å². The molecule has 0 fully saturated rings. The maximum absolute atomic E-state index is 12.4. The number of sulfonamides is 1. The summed E-state index contributed by atoms with van der Waals surface area (Å²) in [7, 11) is -3.72. The second-order valence-electron chi connectivity index (χ2n) is 4.88. The van der Waals surface area contributed by atoms with Gasteiger partial charge in [-0.1, -0.05) is 12.1 Å². The lowest BCUT2D eigenvalue weighted by Gasteiger charge is -2.11. The largest absolute Gasteiger partial charge is 0.326 e. The Bertz CT molecular complexity index is 752. The van der Waals surface area contributed by atoms with Gasteiger partial charge in [0.25, 0.3) is 10.0 Å². The smallest absolute Gasteiger partial charge is 0.264 e. The summed E-state index contributed by atoms with van der Waals surface area (Å²) in [6, 6.07) is 6.78. The van der Waals surface area contributed by atoms with Gasteiger partial charge in [-0.15, -0.1) is 0 Å². The van der Waals surface area contributed by atoms with Crippen LogP contribution in [0.2, 0.25) is 0 Å². The maximum Gasteiger partial charge on any atom is 0.264 e. The van der Waals surface area contributed by atoms with Gasteiger partial charge in [0.1, 0.15) is 0 Å². The third kappa shape index (κ3) is 3.56. The molecule has 0 aliphatic rings. The molecule has 0 saturated heterocycles. The molecule has 0 radical (unpaired) electrons. The van der Waals surface area contributed by atoms with Crippen LogP contribution in [0.15, 0.2) is 29.2 Å². The van der Waals surface area contributed by atoms with E-state index in [1.807, 2.05) is 0 Å². The van der Waals surface area contributed by atoms with Crippen molar-refractivity contribution in [2.45, 2.75) is 32.2 Å². The Morgan fingerprint density at radius 3 is 2.24 bits per heavy atom. The van der Waals surface area contributed by atoms with Crippen molar-refractivity contribution in [2.75, 3.05) is 4.72 Å². The second kappa shape index (κ2) is 5.79. The molecular weight excluding hydrogens is 288 g/mol. The monoisotopic (exact) mass is 306 g/mol. The first-order chi connectivity index (χ1) is 9.81. The quantitative estimate of drug-likeness (QED) is 0.895. The van der Waals surface area contributed by atoms with E-state index in [9.17, 15) is 8.42 Å². The molecule has 21 heavy (non-hydrogen) atoms. The Labute approximate surface area is 124 Å². The molecule has 112 valence electrons. The van der Waals surface area contributed by atoms with Crippen molar-refractivity contribution in [2.24, 2.45) is 5.73 Å². The van der Waals surface area contributed by atoms with E-state index in [-0.39, 0.29) is 10.8 Å². The molecule has 7 heteroatoms. The van der Waals surface area contributed by atoms with Crippen molar-refractivity contribution in [3.8, 4) is 0 Å². The van der Waals surface area contributed by atoms with Gasteiger partial charge in [-0.3, -0.25) is 0 Å². The third-order valence-corrected chi connectivity index (χ3v) is 4.46. The fourth-order valence-electron chi connectivity index (χ4n) is 2.09. The number of aromatic nitrogens is 2. The van der Waals surface area contributed by atoms with Crippen LogP contribution in [0.1, 0.15) is 22.5 Å². The zero-order valence-corrected chi connectivity index (χ0v) is 13.0. The number of anilines is 1. The van der Waals surface area contributed by atoms with Gasteiger partial charge in [0.2, 0.25) is 5.95 Å². The Morgan fingerprint density at radius 2 is 1.71 bits per heavy atom. The fourth-order valence-corrected chi connectivity index (χ4v) is 3.26. The highest BCUT2D eigenvalue weighted by atomic mass is 32.2. The molecule has 0 saturated carbocycles. The molecular formula is C14H18N4O2S. The van der Waals surface area contributed by atoms with Crippen molar-refractivity contribution in [1.82, 2.24) is 9.97 Å². The second-order valence-corrected chi connectivity index (χ2v) is 6.53. The zero-order valence-electron chi connectivity index (χ0n) is 12.2. The van der Waals surface area contributed by atoms with Gasteiger partial charge in [0, 0.05) is 17.9 Å². The standard InChI is InChI=1S/C14H18N4O2S/c1-9-6-12(8-15)4-5-13(9)21(19,20)18-14-16-10(2)7-11(3)17-14/h4-7H,8,15H2,1-3H3,(H,16,17,18). The predicted molar refractivity (Wildman–Crippen MR) is 81.4 cm³/mol. The van der Waals surface area contributed by atoms with Crippen molar-refractivity contribution < 1.29 is 8.42 Å². The van der Waals surface area contributed by atoms with Crippen LogP contribution in [-0.4, -0.2) is 18.4 Å². The normalized spacial score (nSPS) is 11.4. The molecule has 0 aliphatic heterocycles. The SMILES string of the molecule is Cc1cc(C)nc(NS(=O)(=O)c2ccc(CN)cc2C)n1. The van der Waals surface area contributed by atoms with E-state index < -0.39 is 10.0 Å². The molecule has 0 aliphatic carbocycles. The molecule has 0 unspecified atom stereocenters. The summed E-state index contributed by atoms with van der Waals surface area (Å²) in [6.45, 7) is 5.67. The van der Waals surface area contributed by atoms with E-state index in [1.54, 1.807) is 45.0 Å². The lowest BCUT2D eigenvalue weighted by atomic mass is 10.1. The van der Waals surface area contributed by atoms with E-state index in [1.165, 1.54) is 0 Å². The number of nitrogens with two attached hydrogens (primary N) is 1. The summed E-state index contributed by atoms with van der Waals surface area (Å²) < 4.78 is 27.3. The van der Waals surface area contributed by atoms with Crippen LogP contribution in [-0.2, 0) is 16.6 Å². The topological polar surface area (TPSA) is 98.0 Å². The van der Waals surface area contributed by atoms with Crippen molar-refractivity contribution in [3.63, 3.8) is 0 Å². The lowest BCUT2D eigenvalue weighted by Crippen LogP contribution is -2.17. The van der Waals surface area contributed by atoms with Gasteiger partial charge >= 0.3 is 0 Å². The summed E-state index contributed by atoms with van der Waals surface area (Å²) in [6.07, 6.45) is 0. The van der Waals surface area contributed by atoms with Crippen molar-refractivity contribution in [1.29, 1.82) is 0 Å². The summed E-state index contributed by atoms with van der Waals surface area (Å²) in [5, 5.41) is 0. The van der Waals surface area contributed by atoms with Gasteiger partial charge < -0.3 is 5.73 Å². The molecule has 6 nitrogen and oxygen atoms in total. The molecule has 0 spiro atoms. The molecule has 2 aromatic rings. The summed E-state index contributed by atoms with van der Waals surface area (Å²) >= 11 is 0. The van der Waals surface area contributed by atoms with E-state index in [0.29, 0.717) is 23.5 Å². The van der Waals surface area contributed by atoms with Crippen molar-refractivity contribution >= 4 is 16.0 Å². The molecule has 1 aromatic carbocycles. The van der Waals surface area contributed by atoms with Gasteiger partial charge in [-0.2, -0.15) is 0 Å². The van der Waals surface area contributed by atoms with Crippen LogP contribution in [0.25, 0.3) is 0 Å². The minimum absolute atomic E-state index is 0.0785. The first kappa shape index (κ1) is 15.4. The average molecular weight is 306 g/mol. The van der Waals surface area contributed by atoms with E-state index in [0.717, 1.165) is 5.56 Å². The van der Waals surface area contributed by atoms with E-state index in [2.05, 4.69) is 14.7 Å². The number of rotatable bonds is 4. The van der Waals surface area contributed by atoms with Crippen LogP contribution < -0.4 is 10.5 Å². The number of nitrogens with zero attached hydrogens (tertiary/aromatic N) is 2. The Morgan fingerprint density at radius 1 is 1.10 bits per heavy atom. The summed E-state index contributed by atoms with van der Waals surface area (Å²) in [5.74, 6) is 0.0785. The van der Waals surface area contributed by atoms with Crippen LogP contribution >= 0.6 is 0 Å². The Kier molecular flexibility index (Phi) is 4.24. The van der Waals surface area contributed by atoms with Crippen LogP contribution in [0.5, 0.6) is 0 Å². The number of hydrogen-bond acceptors (Lipinski definition) is 5. The maximum atomic E-state index is 12.4.